The fourth-order valence-corrected chi connectivity index (χ4v) is 2.31. The summed E-state index contributed by atoms with van der Waals surface area (Å²) in [4.78, 5) is 8.41. The van der Waals surface area contributed by atoms with Crippen LogP contribution in [0.25, 0.3) is 12.2 Å². The SMILES string of the molecule is OCCCc1c(Cl)nc(/C=C/c2ccccc2)nc1Cl. The normalized spacial score (nSPS) is 11.2. The molecule has 5 heteroatoms. The fraction of sp³-hybridized carbons (Fsp3) is 0.200. The van der Waals surface area contributed by atoms with Crippen LogP contribution in [0.5, 0.6) is 0 Å². The van der Waals surface area contributed by atoms with E-state index in [1.165, 1.54) is 0 Å². The minimum Gasteiger partial charge on any atom is -0.396 e. The third-order valence-corrected chi connectivity index (χ3v) is 3.36. The summed E-state index contributed by atoms with van der Waals surface area (Å²) in [5.41, 5.74) is 1.73. The van der Waals surface area contributed by atoms with Gasteiger partial charge in [-0.05, 0) is 24.5 Å². The quantitative estimate of drug-likeness (QED) is 0.853. The number of nitrogens with zero attached hydrogens (tertiary/aromatic N) is 2. The molecular formula is C15H14Cl2N2O. The minimum atomic E-state index is 0.0856. The Balaban J connectivity index is 2.20. The van der Waals surface area contributed by atoms with Gasteiger partial charge < -0.3 is 5.11 Å². The van der Waals surface area contributed by atoms with Gasteiger partial charge in [0.2, 0.25) is 0 Å². The smallest absolute Gasteiger partial charge is 0.155 e. The van der Waals surface area contributed by atoms with Crippen LogP contribution in [0.3, 0.4) is 0 Å². The molecule has 3 nitrogen and oxygen atoms in total. The van der Waals surface area contributed by atoms with Gasteiger partial charge >= 0.3 is 0 Å². The number of aliphatic hydroxyl groups is 1. The molecule has 0 bridgehead atoms. The van der Waals surface area contributed by atoms with Crippen LogP contribution in [0.15, 0.2) is 30.3 Å². The average Bonchev–Trinajstić information content (AvgIpc) is 2.45. The van der Waals surface area contributed by atoms with E-state index in [4.69, 9.17) is 28.3 Å². The number of benzene rings is 1. The first kappa shape index (κ1) is 15.0. The Kier molecular flexibility index (Phi) is 5.53. The number of aliphatic hydroxyl groups excluding tert-OH is 1. The van der Waals surface area contributed by atoms with E-state index < -0.39 is 0 Å². The van der Waals surface area contributed by atoms with Crippen LogP contribution in [0.1, 0.15) is 23.4 Å². The molecule has 0 saturated heterocycles. The Morgan fingerprint density at radius 2 is 1.65 bits per heavy atom. The summed E-state index contributed by atoms with van der Waals surface area (Å²) < 4.78 is 0. The molecule has 20 heavy (non-hydrogen) atoms. The second-order valence-electron chi connectivity index (χ2n) is 4.21. The lowest BCUT2D eigenvalue weighted by Crippen LogP contribution is -1.99. The van der Waals surface area contributed by atoms with E-state index >= 15 is 0 Å². The summed E-state index contributed by atoms with van der Waals surface area (Å²) in [6.45, 7) is 0.0856. The van der Waals surface area contributed by atoms with Gasteiger partial charge in [-0.15, -0.1) is 0 Å². The molecule has 0 spiro atoms. The van der Waals surface area contributed by atoms with Crippen molar-refractivity contribution in [1.82, 2.24) is 9.97 Å². The van der Waals surface area contributed by atoms with E-state index in [9.17, 15) is 0 Å². The van der Waals surface area contributed by atoms with E-state index in [0.717, 1.165) is 5.56 Å². The highest BCUT2D eigenvalue weighted by Crippen LogP contribution is 2.23. The van der Waals surface area contributed by atoms with E-state index in [1.807, 2.05) is 36.4 Å². The zero-order valence-corrected chi connectivity index (χ0v) is 12.3. The molecule has 1 aromatic carbocycles. The summed E-state index contributed by atoms with van der Waals surface area (Å²) in [7, 11) is 0. The third kappa shape index (κ3) is 4.04. The van der Waals surface area contributed by atoms with Gasteiger partial charge in [0.25, 0.3) is 0 Å². The highest BCUT2D eigenvalue weighted by atomic mass is 35.5. The summed E-state index contributed by atoms with van der Waals surface area (Å²) in [6, 6.07) is 9.83. The van der Waals surface area contributed by atoms with Crippen molar-refractivity contribution in [3.05, 3.63) is 57.6 Å². The molecule has 1 N–H and O–H groups in total. The molecule has 1 aromatic heterocycles. The monoisotopic (exact) mass is 308 g/mol. The zero-order chi connectivity index (χ0) is 14.4. The first-order valence-corrected chi connectivity index (χ1v) is 7.02. The van der Waals surface area contributed by atoms with Crippen molar-refractivity contribution in [2.45, 2.75) is 12.8 Å². The molecule has 0 aliphatic heterocycles. The molecule has 2 rings (SSSR count). The first-order valence-electron chi connectivity index (χ1n) is 6.26. The average molecular weight is 309 g/mol. The topological polar surface area (TPSA) is 46.0 Å². The Bertz CT molecular complexity index is 577. The van der Waals surface area contributed by atoms with E-state index in [1.54, 1.807) is 6.08 Å². The van der Waals surface area contributed by atoms with Crippen LogP contribution in [-0.4, -0.2) is 21.7 Å². The molecule has 0 radical (unpaired) electrons. The van der Waals surface area contributed by atoms with Gasteiger partial charge in [0, 0.05) is 12.2 Å². The molecule has 0 aliphatic rings. The number of hydrogen-bond acceptors (Lipinski definition) is 3. The largest absolute Gasteiger partial charge is 0.396 e. The summed E-state index contributed by atoms with van der Waals surface area (Å²) in [5, 5.41) is 9.51. The van der Waals surface area contributed by atoms with Crippen molar-refractivity contribution in [3.63, 3.8) is 0 Å². The van der Waals surface area contributed by atoms with Crippen molar-refractivity contribution >= 4 is 35.4 Å². The Morgan fingerprint density at radius 3 is 2.25 bits per heavy atom. The molecule has 0 fully saturated rings. The minimum absolute atomic E-state index is 0.0856. The maximum atomic E-state index is 8.84. The maximum Gasteiger partial charge on any atom is 0.155 e. The Hall–Kier alpha value is -1.42. The molecule has 0 saturated carbocycles. The molecule has 0 aliphatic carbocycles. The number of aromatic nitrogens is 2. The Morgan fingerprint density at radius 1 is 1.00 bits per heavy atom. The predicted molar refractivity (Wildman–Crippen MR) is 82.8 cm³/mol. The third-order valence-electron chi connectivity index (χ3n) is 2.73. The van der Waals surface area contributed by atoms with Crippen LogP contribution in [-0.2, 0) is 6.42 Å². The number of rotatable bonds is 5. The molecule has 0 atom stereocenters. The van der Waals surface area contributed by atoms with Crippen molar-refractivity contribution in [1.29, 1.82) is 0 Å². The van der Waals surface area contributed by atoms with Crippen LogP contribution < -0.4 is 0 Å². The van der Waals surface area contributed by atoms with Gasteiger partial charge in [-0.25, -0.2) is 9.97 Å². The molecule has 0 amide bonds. The second-order valence-corrected chi connectivity index (χ2v) is 4.93. The van der Waals surface area contributed by atoms with Gasteiger partial charge in [-0.1, -0.05) is 59.6 Å². The van der Waals surface area contributed by atoms with Gasteiger partial charge in [-0.2, -0.15) is 0 Å². The van der Waals surface area contributed by atoms with Gasteiger partial charge in [0.05, 0.1) is 0 Å². The highest BCUT2D eigenvalue weighted by Gasteiger charge is 2.10. The van der Waals surface area contributed by atoms with Gasteiger partial charge in [0.15, 0.2) is 5.82 Å². The first-order chi connectivity index (χ1) is 9.70. The van der Waals surface area contributed by atoms with Crippen molar-refractivity contribution < 1.29 is 5.11 Å². The molecule has 1 heterocycles. The zero-order valence-electron chi connectivity index (χ0n) is 10.8. The van der Waals surface area contributed by atoms with Crippen molar-refractivity contribution in [2.75, 3.05) is 6.61 Å². The van der Waals surface area contributed by atoms with Gasteiger partial charge in [-0.3, -0.25) is 0 Å². The van der Waals surface area contributed by atoms with E-state index in [2.05, 4.69) is 9.97 Å². The number of hydrogen-bond donors (Lipinski definition) is 1. The lowest BCUT2D eigenvalue weighted by molar-refractivity contribution is 0.288. The fourth-order valence-electron chi connectivity index (χ4n) is 1.72. The molecule has 0 unspecified atom stereocenters. The lowest BCUT2D eigenvalue weighted by atomic mass is 10.2. The summed E-state index contributed by atoms with van der Waals surface area (Å²) in [6.07, 6.45) is 4.82. The van der Waals surface area contributed by atoms with E-state index in [-0.39, 0.29) is 6.61 Å². The lowest BCUT2D eigenvalue weighted by Gasteiger charge is -2.05. The van der Waals surface area contributed by atoms with E-state index in [0.29, 0.717) is 34.5 Å². The molecule has 104 valence electrons. The second kappa shape index (κ2) is 7.39. The summed E-state index contributed by atoms with van der Waals surface area (Å²) in [5.74, 6) is 0.469. The van der Waals surface area contributed by atoms with Crippen LogP contribution >= 0.6 is 23.2 Å². The van der Waals surface area contributed by atoms with Crippen LogP contribution in [0.4, 0.5) is 0 Å². The maximum absolute atomic E-state index is 8.84. The van der Waals surface area contributed by atoms with Gasteiger partial charge in [0.1, 0.15) is 10.3 Å². The number of halogens is 2. The summed E-state index contributed by atoms with van der Waals surface area (Å²) >= 11 is 12.2. The van der Waals surface area contributed by atoms with Crippen molar-refractivity contribution in [2.24, 2.45) is 0 Å². The molecular weight excluding hydrogens is 295 g/mol. The van der Waals surface area contributed by atoms with Crippen LogP contribution in [0, 0.1) is 0 Å². The van der Waals surface area contributed by atoms with Crippen LogP contribution in [0.2, 0.25) is 10.3 Å². The Labute approximate surface area is 127 Å². The standard InChI is InChI=1S/C15H14Cl2N2O/c16-14-12(7-4-10-20)15(17)19-13(18-14)9-8-11-5-2-1-3-6-11/h1-3,5-6,8-9,20H,4,7,10H2/b9-8+. The van der Waals surface area contributed by atoms with Crippen molar-refractivity contribution in [3.8, 4) is 0 Å². The predicted octanol–water partition coefficient (Wildman–Crippen LogP) is 3.88. The highest BCUT2D eigenvalue weighted by molar-refractivity contribution is 6.34. The molecule has 2 aromatic rings.